The van der Waals surface area contributed by atoms with Crippen molar-refractivity contribution in [1.82, 2.24) is 9.97 Å². The second-order valence-corrected chi connectivity index (χ2v) is 5.26. The van der Waals surface area contributed by atoms with E-state index in [1.807, 2.05) is 6.07 Å². The molecule has 0 fully saturated rings. The normalized spacial score (nSPS) is 10.2. The summed E-state index contributed by atoms with van der Waals surface area (Å²) in [6.07, 6.45) is 0. The van der Waals surface area contributed by atoms with Gasteiger partial charge in [0.25, 0.3) is 0 Å². The number of nitriles is 1. The molecule has 5 nitrogen and oxygen atoms in total. The highest BCUT2D eigenvalue weighted by Gasteiger charge is 2.13. The zero-order valence-corrected chi connectivity index (χ0v) is 11.8. The van der Waals surface area contributed by atoms with Gasteiger partial charge in [0.05, 0.1) is 14.9 Å². The molecule has 0 atom stereocenters. The molecule has 0 aliphatic carbocycles. The monoisotopic (exact) mass is 339 g/mol. The largest absolute Gasteiger partial charge is 0.383 e. The van der Waals surface area contributed by atoms with Crippen LogP contribution in [0.4, 0.5) is 16.0 Å². The van der Waals surface area contributed by atoms with Gasteiger partial charge in [0.1, 0.15) is 17.7 Å². The fraction of sp³-hybridized carbons (Fsp3) is 0. The lowest BCUT2D eigenvalue weighted by Crippen LogP contribution is -1.99. The van der Waals surface area contributed by atoms with E-state index in [9.17, 15) is 4.39 Å². The highest BCUT2D eigenvalue weighted by Crippen LogP contribution is 2.33. The van der Waals surface area contributed by atoms with Gasteiger partial charge in [-0.3, -0.25) is 0 Å². The maximum atomic E-state index is 14.0. The lowest BCUT2D eigenvalue weighted by Gasteiger charge is -2.05. The summed E-state index contributed by atoms with van der Waals surface area (Å²) in [4.78, 5) is 8.16. The summed E-state index contributed by atoms with van der Waals surface area (Å²) in [5, 5.41) is 9.03. The smallest absolute Gasteiger partial charge is 0.196 e. The van der Waals surface area contributed by atoms with Crippen LogP contribution in [0.2, 0.25) is 0 Å². The second-order valence-electron chi connectivity index (χ2n) is 3.45. The SMILES string of the molecule is N#Cc1ccc(Sc2nc(N)cc(N)n2)c(F)c1Br. The molecule has 0 radical (unpaired) electrons. The van der Waals surface area contributed by atoms with Gasteiger partial charge in [-0.05, 0) is 39.8 Å². The van der Waals surface area contributed by atoms with E-state index in [0.717, 1.165) is 11.8 Å². The molecule has 0 saturated heterocycles. The first-order valence-electron chi connectivity index (χ1n) is 4.97. The Labute approximate surface area is 121 Å². The summed E-state index contributed by atoms with van der Waals surface area (Å²) in [6.45, 7) is 0. The van der Waals surface area contributed by atoms with E-state index in [0.29, 0.717) is 0 Å². The van der Waals surface area contributed by atoms with Crippen LogP contribution >= 0.6 is 27.7 Å². The average Bonchev–Trinajstić information content (AvgIpc) is 2.34. The Morgan fingerprint density at radius 2 is 1.89 bits per heavy atom. The van der Waals surface area contributed by atoms with E-state index in [1.54, 1.807) is 0 Å². The Morgan fingerprint density at radius 3 is 2.47 bits per heavy atom. The van der Waals surface area contributed by atoms with E-state index >= 15 is 0 Å². The first-order chi connectivity index (χ1) is 9.01. The maximum absolute atomic E-state index is 14.0. The predicted molar refractivity (Wildman–Crippen MR) is 73.8 cm³/mol. The van der Waals surface area contributed by atoms with Crippen molar-refractivity contribution in [3.63, 3.8) is 0 Å². The van der Waals surface area contributed by atoms with Crippen molar-refractivity contribution in [1.29, 1.82) is 5.26 Å². The molecule has 19 heavy (non-hydrogen) atoms. The minimum absolute atomic E-state index is 0.108. The summed E-state index contributed by atoms with van der Waals surface area (Å²) in [5.74, 6) is -0.125. The fourth-order valence-electron chi connectivity index (χ4n) is 1.30. The van der Waals surface area contributed by atoms with Crippen LogP contribution in [0.1, 0.15) is 5.56 Å². The molecule has 0 aliphatic heterocycles. The zero-order valence-electron chi connectivity index (χ0n) is 9.39. The highest BCUT2D eigenvalue weighted by atomic mass is 79.9. The number of anilines is 2. The van der Waals surface area contributed by atoms with Gasteiger partial charge in [-0.15, -0.1) is 0 Å². The van der Waals surface area contributed by atoms with Gasteiger partial charge in [0.15, 0.2) is 11.0 Å². The van der Waals surface area contributed by atoms with Crippen LogP contribution in [0, 0.1) is 17.1 Å². The highest BCUT2D eigenvalue weighted by molar-refractivity contribution is 9.10. The van der Waals surface area contributed by atoms with Gasteiger partial charge in [-0.2, -0.15) is 5.26 Å². The molecule has 96 valence electrons. The average molecular weight is 340 g/mol. The number of nitrogens with zero attached hydrogens (tertiary/aromatic N) is 3. The van der Waals surface area contributed by atoms with Crippen LogP contribution in [-0.4, -0.2) is 9.97 Å². The lowest BCUT2D eigenvalue weighted by atomic mass is 10.2. The van der Waals surface area contributed by atoms with Crippen molar-refractivity contribution >= 4 is 39.3 Å². The van der Waals surface area contributed by atoms with Crippen LogP contribution in [0.25, 0.3) is 0 Å². The molecule has 0 spiro atoms. The molecule has 1 heterocycles. The topological polar surface area (TPSA) is 102 Å². The quantitative estimate of drug-likeness (QED) is 0.815. The Balaban J connectivity index is 2.39. The second kappa shape index (κ2) is 5.42. The van der Waals surface area contributed by atoms with E-state index < -0.39 is 5.82 Å². The van der Waals surface area contributed by atoms with Crippen molar-refractivity contribution in [2.75, 3.05) is 11.5 Å². The Bertz CT molecular complexity index is 665. The third-order valence-corrected chi connectivity index (χ3v) is 3.79. The molecule has 4 N–H and O–H groups in total. The summed E-state index contributed by atoms with van der Waals surface area (Å²) in [6, 6.07) is 6.27. The molecule has 0 aliphatic rings. The van der Waals surface area contributed by atoms with Gasteiger partial charge in [-0.1, -0.05) is 0 Å². The number of nitrogen functional groups attached to an aromatic ring is 2. The molecule has 0 saturated carbocycles. The number of benzene rings is 1. The van der Waals surface area contributed by atoms with Gasteiger partial charge in [-0.25, -0.2) is 14.4 Å². The van der Waals surface area contributed by atoms with Crippen LogP contribution in [0.3, 0.4) is 0 Å². The van der Waals surface area contributed by atoms with Gasteiger partial charge < -0.3 is 11.5 Å². The van der Waals surface area contributed by atoms with E-state index in [1.165, 1.54) is 18.2 Å². The molecule has 1 aromatic carbocycles. The van der Waals surface area contributed by atoms with Crippen LogP contribution < -0.4 is 11.5 Å². The van der Waals surface area contributed by atoms with E-state index in [4.69, 9.17) is 16.7 Å². The molecule has 0 bridgehead atoms. The molecule has 2 aromatic rings. The summed E-state index contributed by atoms with van der Waals surface area (Å²) >= 11 is 4.01. The fourth-order valence-corrected chi connectivity index (χ4v) is 2.70. The van der Waals surface area contributed by atoms with Crippen molar-refractivity contribution < 1.29 is 4.39 Å². The van der Waals surface area contributed by atoms with Crippen molar-refractivity contribution in [2.24, 2.45) is 0 Å². The minimum Gasteiger partial charge on any atom is -0.383 e. The number of hydrogen-bond acceptors (Lipinski definition) is 6. The molecule has 1 aromatic heterocycles. The third-order valence-electron chi connectivity index (χ3n) is 2.11. The van der Waals surface area contributed by atoms with Crippen LogP contribution in [0.5, 0.6) is 0 Å². The molecule has 0 unspecified atom stereocenters. The van der Waals surface area contributed by atoms with Crippen LogP contribution in [-0.2, 0) is 0 Å². The summed E-state index contributed by atoms with van der Waals surface area (Å²) in [7, 11) is 0. The van der Waals surface area contributed by atoms with Gasteiger partial charge >= 0.3 is 0 Å². The lowest BCUT2D eigenvalue weighted by molar-refractivity contribution is 0.594. The van der Waals surface area contributed by atoms with E-state index in [-0.39, 0.29) is 31.7 Å². The molecule has 2 rings (SSSR count). The molecular formula is C11H7BrFN5S. The Hall–Kier alpha value is -1.85. The zero-order chi connectivity index (χ0) is 14.0. The predicted octanol–water partition coefficient (Wildman–Crippen LogP) is 2.57. The molecular weight excluding hydrogens is 333 g/mol. The van der Waals surface area contributed by atoms with Crippen molar-refractivity contribution in [3.05, 3.63) is 34.1 Å². The number of aromatic nitrogens is 2. The van der Waals surface area contributed by atoms with Crippen molar-refractivity contribution in [2.45, 2.75) is 10.1 Å². The van der Waals surface area contributed by atoms with Gasteiger partial charge in [0.2, 0.25) is 0 Å². The van der Waals surface area contributed by atoms with E-state index in [2.05, 4.69) is 25.9 Å². The molecule has 8 heteroatoms. The standard InChI is InChI=1S/C11H7BrFN5S/c12-9-5(4-14)1-2-6(10(9)13)19-11-17-7(15)3-8(16)18-11/h1-3H,(H4,15,16,17,18). The Kier molecular flexibility index (Phi) is 3.87. The number of nitrogens with two attached hydrogens (primary N) is 2. The number of hydrogen-bond donors (Lipinski definition) is 2. The summed E-state index contributed by atoms with van der Waals surface area (Å²) in [5.41, 5.74) is 11.3. The number of rotatable bonds is 2. The maximum Gasteiger partial charge on any atom is 0.196 e. The molecule has 0 amide bonds. The summed E-state index contributed by atoms with van der Waals surface area (Å²) < 4.78 is 14.1. The van der Waals surface area contributed by atoms with Crippen LogP contribution in [0.15, 0.2) is 32.7 Å². The minimum atomic E-state index is -0.548. The Morgan fingerprint density at radius 1 is 1.26 bits per heavy atom. The van der Waals surface area contributed by atoms with Gasteiger partial charge in [0, 0.05) is 6.07 Å². The number of halogens is 2. The first kappa shape index (κ1) is 13.6. The first-order valence-corrected chi connectivity index (χ1v) is 6.58. The van der Waals surface area contributed by atoms with Crippen molar-refractivity contribution in [3.8, 4) is 6.07 Å². The third kappa shape index (κ3) is 2.94.